The summed E-state index contributed by atoms with van der Waals surface area (Å²) in [6.45, 7) is -1.50. The first-order chi connectivity index (χ1) is 9.19. The van der Waals surface area contributed by atoms with Crippen molar-refractivity contribution in [1.82, 2.24) is 0 Å². The third-order valence-corrected chi connectivity index (χ3v) is 2.98. The topological polar surface area (TPSA) is 39.7 Å². The number of benzene rings is 1. The average Bonchev–Trinajstić information content (AvgIpc) is 2.41. The van der Waals surface area contributed by atoms with Crippen molar-refractivity contribution in [1.29, 1.82) is 0 Å². The van der Waals surface area contributed by atoms with E-state index in [9.17, 15) is 8.78 Å². The molecule has 2 rings (SSSR count). The maximum absolute atomic E-state index is 12.4. The third kappa shape index (κ3) is 3.96. The highest BCUT2D eigenvalue weighted by Gasteiger charge is 2.17. The molecule has 0 unspecified atom stereocenters. The molecule has 1 aromatic rings. The summed E-state index contributed by atoms with van der Waals surface area (Å²) in [6, 6.07) is 4.92. The van der Waals surface area contributed by atoms with Crippen molar-refractivity contribution in [2.45, 2.75) is 25.5 Å². The van der Waals surface area contributed by atoms with Crippen LogP contribution in [0.4, 0.5) is 14.5 Å². The Labute approximate surface area is 110 Å². The fourth-order valence-corrected chi connectivity index (χ4v) is 2.01. The van der Waals surface area contributed by atoms with E-state index < -0.39 is 6.61 Å². The van der Waals surface area contributed by atoms with Gasteiger partial charge in [0.15, 0.2) is 0 Å². The zero-order valence-corrected chi connectivity index (χ0v) is 10.7. The Hall–Kier alpha value is -1.56. The zero-order chi connectivity index (χ0) is 13.7. The van der Waals surface area contributed by atoms with Crippen LogP contribution in [0.1, 0.15) is 12.8 Å². The lowest BCUT2D eigenvalue weighted by Gasteiger charge is -2.25. The van der Waals surface area contributed by atoms with Gasteiger partial charge in [-0.15, -0.1) is 0 Å². The van der Waals surface area contributed by atoms with Crippen LogP contribution < -0.4 is 14.8 Å². The maximum Gasteiger partial charge on any atom is 0.387 e. The van der Waals surface area contributed by atoms with Crippen LogP contribution in [0.5, 0.6) is 11.5 Å². The van der Waals surface area contributed by atoms with Crippen LogP contribution in [0.15, 0.2) is 18.2 Å². The molecule has 0 radical (unpaired) electrons. The van der Waals surface area contributed by atoms with Gasteiger partial charge >= 0.3 is 6.61 Å². The first-order valence-corrected chi connectivity index (χ1v) is 6.16. The van der Waals surface area contributed by atoms with Crippen molar-refractivity contribution >= 4 is 5.69 Å². The highest BCUT2D eigenvalue weighted by Crippen LogP contribution is 2.31. The highest BCUT2D eigenvalue weighted by atomic mass is 19.3. The van der Waals surface area contributed by atoms with Crippen LogP contribution in [0.2, 0.25) is 0 Å². The standard InChI is InChI=1S/C13H17F2NO3/c1-17-10-2-3-12(19-13(14)15)11(8-10)16-9-4-6-18-7-5-9/h2-3,8-9,13,16H,4-7H2,1H3. The zero-order valence-electron chi connectivity index (χ0n) is 10.7. The molecular weight excluding hydrogens is 256 g/mol. The van der Waals surface area contributed by atoms with E-state index in [0.717, 1.165) is 12.8 Å². The van der Waals surface area contributed by atoms with E-state index in [2.05, 4.69) is 10.1 Å². The molecule has 6 heteroatoms. The number of methoxy groups -OCH3 is 1. The molecule has 0 amide bonds. The van der Waals surface area contributed by atoms with Crippen molar-refractivity contribution in [2.24, 2.45) is 0 Å². The lowest BCUT2D eigenvalue weighted by Crippen LogP contribution is -2.28. The number of alkyl halides is 2. The lowest BCUT2D eigenvalue weighted by molar-refractivity contribution is -0.0494. The molecule has 1 fully saturated rings. The number of nitrogens with one attached hydrogen (secondary N) is 1. The van der Waals surface area contributed by atoms with Crippen molar-refractivity contribution in [3.8, 4) is 11.5 Å². The van der Waals surface area contributed by atoms with Gasteiger partial charge in [-0.25, -0.2) is 0 Å². The van der Waals surface area contributed by atoms with Gasteiger partial charge in [0, 0.05) is 25.3 Å². The fraction of sp³-hybridized carbons (Fsp3) is 0.538. The first kappa shape index (κ1) is 13.9. The minimum Gasteiger partial charge on any atom is -0.497 e. The van der Waals surface area contributed by atoms with Crippen molar-refractivity contribution in [3.63, 3.8) is 0 Å². The lowest BCUT2D eigenvalue weighted by atomic mass is 10.1. The van der Waals surface area contributed by atoms with Crippen LogP contribution in [0.3, 0.4) is 0 Å². The molecule has 4 nitrogen and oxygen atoms in total. The number of anilines is 1. The van der Waals surface area contributed by atoms with Gasteiger partial charge in [-0.05, 0) is 25.0 Å². The number of halogens is 2. The molecule has 19 heavy (non-hydrogen) atoms. The van der Waals surface area contributed by atoms with Gasteiger partial charge in [0.1, 0.15) is 11.5 Å². The molecule has 1 N–H and O–H groups in total. The normalized spacial score (nSPS) is 16.4. The van der Waals surface area contributed by atoms with Crippen molar-refractivity contribution < 1.29 is 23.0 Å². The van der Waals surface area contributed by atoms with Gasteiger partial charge in [-0.1, -0.05) is 0 Å². The van der Waals surface area contributed by atoms with E-state index in [-0.39, 0.29) is 11.8 Å². The SMILES string of the molecule is COc1ccc(OC(F)F)c(NC2CCOCC2)c1. The van der Waals surface area contributed by atoms with Crippen LogP contribution in [-0.2, 0) is 4.74 Å². The van der Waals surface area contributed by atoms with Crippen LogP contribution in [-0.4, -0.2) is 33.0 Å². The smallest absolute Gasteiger partial charge is 0.387 e. The van der Waals surface area contributed by atoms with Crippen molar-refractivity contribution in [3.05, 3.63) is 18.2 Å². The minimum atomic E-state index is -2.84. The molecule has 106 valence electrons. The molecule has 0 aliphatic carbocycles. The Kier molecular flexibility index (Phi) is 4.79. The van der Waals surface area contributed by atoms with Crippen molar-refractivity contribution in [2.75, 3.05) is 25.6 Å². The largest absolute Gasteiger partial charge is 0.497 e. The van der Waals surface area contributed by atoms with E-state index in [1.807, 2.05) is 0 Å². The summed E-state index contributed by atoms with van der Waals surface area (Å²) in [4.78, 5) is 0. The van der Waals surface area contributed by atoms with Gasteiger partial charge in [0.25, 0.3) is 0 Å². The third-order valence-electron chi connectivity index (χ3n) is 2.98. The molecule has 0 atom stereocenters. The Morgan fingerprint density at radius 3 is 2.68 bits per heavy atom. The summed E-state index contributed by atoms with van der Waals surface area (Å²) in [5.74, 6) is 0.721. The molecule has 1 aliphatic rings. The molecule has 1 saturated heterocycles. The Balaban J connectivity index is 2.13. The number of rotatable bonds is 5. The molecule has 1 aliphatic heterocycles. The molecule has 0 bridgehead atoms. The van der Waals surface area contributed by atoms with E-state index in [1.165, 1.54) is 13.2 Å². The Morgan fingerprint density at radius 1 is 1.32 bits per heavy atom. The van der Waals surface area contributed by atoms with Crippen LogP contribution in [0, 0.1) is 0 Å². The van der Waals surface area contributed by atoms with E-state index in [0.29, 0.717) is 24.7 Å². The van der Waals surface area contributed by atoms with Gasteiger partial charge in [-0.3, -0.25) is 0 Å². The summed E-state index contributed by atoms with van der Waals surface area (Å²) >= 11 is 0. The summed E-state index contributed by atoms with van der Waals surface area (Å²) in [5.41, 5.74) is 0.520. The highest BCUT2D eigenvalue weighted by molar-refractivity contribution is 5.60. The number of ether oxygens (including phenoxy) is 3. The molecule has 1 heterocycles. The summed E-state index contributed by atoms with van der Waals surface area (Å²) < 4.78 is 39.6. The Morgan fingerprint density at radius 2 is 2.05 bits per heavy atom. The Bertz CT molecular complexity index is 409. The molecule has 1 aromatic carbocycles. The van der Waals surface area contributed by atoms with Crippen LogP contribution >= 0.6 is 0 Å². The van der Waals surface area contributed by atoms with Crippen LogP contribution in [0.25, 0.3) is 0 Å². The quantitative estimate of drug-likeness (QED) is 0.895. The molecular formula is C13H17F2NO3. The van der Waals surface area contributed by atoms with E-state index in [1.54, 1.807) is 12.1 Å². The minimum absolute atomic E-state index is 0.127. The van der Waals surface area contributed by atoms with Gasteiger partial charge in [-0.2, -0.15) is 8.78 Å². The second-order valence-electron chi connectivity index (χ2n) is 4.27. The summed E-state index contributed by atoms with van der Waals surface area (Å²) in [7, 11) is 1.53. The first-order valence-electron chi connectivity index (χ1n) is 6.16. The summed E-state index contributed by atoms with van der Waals surface area (Å²) in [6.07, 6.45) is 1.68. The van der Waals surface area contributed by atoms with Gasteiger partial charge in [0.2, 0.25) is 0 Å². The summed E-state index contributed by atoms with van der Waals surface area (Å²) in [5, 5.41) is 3.21. The number of hydrogen-bond acceptors (Lipinski definition) is 4. The second-order valence-corrected chi connectivity index (χ2v) is 4.27. The van der Waals surface area contributed by atoms with Gasteiger partial charge in [0.05, 0.1) is 12.8 Å². The van der Waals surface area contributed by atoms with Gasteiger partial charge < -0.3 is 19.5 Å². The maximum atomic E-state index is 12.4. The predicted molar refractivity (Wildman–Crippen MR) is 67.1 cm³/mol. The number of hydrogen-bond donors (Lipinski definition) is 1. The van der Waals surface area contributed by atoms with E-state index >= 15 is 0 Å². The fourth-order valence-electron chi connectivity index (χ4n) is 2.01. The second kappa shape index (κ2) is 6.56. The molecule has 0 spiro atoms. The molecule has 0 aromatic heterocycles. The monoisotopic (exact) mass is 273 g/mol. The predicted octanol–water partition coefficient (Wildman–Crippen LogP) is 2.89. The van der Waals surface area contributed by atoms with E-state index in [4.69, 9.17) is 9.47 Å². The molecule has 0 saturated carbocycles. The average molecular weight is 273 g/mol.